The third-order valence-electron chi connectivity index (χ3n) is 3.73. The van der Waals surface area contributed by atoms with E-state index in [0.29, 0.717) is 18.9 Å². The van der Waals surface area contributed by atoms with Crippen LogP contribution in [0.15, 0.2) is 4.52 Å². The third kappa shape index (κ3) is 3.77. The van der Waals surface area contributed by atoms with E-state index in [1.54, 1.807) is 0 Å². The maximum absolute atomic E-state index is 5.45. The van der Waals surface area contributed by atoms with Gasteiger partial charge in [0.15, 0.2) is 5.82 Å². The molecule has 0 spiro atoms. The molecule has 6 nitrogen and oxygen atoms in total. The highest BCUT2D eigenvalue weighted by Gasteiger charge is 2.34. The molecule has 1 fully saturated rings. The van der Waals surface area contributed by atoms with Gasteiger partial charge in [0.05, 0.1) is 18.6 Å². The third-order valence-corrected chi connectivity index (χ3v) is 3.73. The number of aromatic nitrogens is 2. The van der Waals surface area contributed by atoms with Crippen molar-refractivity contribution in [2.75, 3.05) is 39.4 Å². The van der Waals surface area contributed by atoms with Gasteiger partial charge in [-0.15, -0.1) is 0 Å². The largest absolute Gasteiger partial charge is 0.381 e. The van der Waals surface area contributed by atoms with E-state index in [-0.39, 0.29) is 5.54 Å². The average molecular weight is 282 g/mol. The van der Waals surface area contributed by atoms with Gasteiger partial charge in [0, 0.05) is 32.8 Å². The van der Waals surface area contributed by atoms with E-state index in [1.165, 1.54) is 0 Å². The Morgan fingerprint density at radius 3 is 2.75 bits per heavy atom. The number of hydrogen-bond donors (Lipinski definition) is 1. The molecule has 20 heavy (non-hydrogen) atoms. The van der Waals surface area contributed by atoms with Gasteiger partial charge in [0.1, 0.15) is 0 Å². The van der Waals surface area contributed by atoms with E-state index < -0.39 is 0 Å². The Hall–Kier alpha value is -0.980. The minimum Gasteiger partial charge on any atom is -0.381 e. The van der Waals surface area contributed by atoms with Crippen LogP contribution < -0.4 is 5.32 Å². The molecule has 2 heterocycles. The first-order chi connectivity index (χ1) is 9.64. The van der Waals surface area contributed by atoms with Crippen molar-refractivity contribution < 1.29 is 9.26 Å². The molecule has 6 heteroatoms. The van der Waals surface area contributed by atoms with Crippen LogP contribution in [0.1, 0.15) is 38.9 Å². The van der Waals surface area contributed by atoms with Gasteiger partial charge >= 0.3 is 0 Å². The number of nitrogens with one attached hydrogen (secondary N) is 1. The van der Waals surface area contributed by atoms with Gasteiger partial charge in [-0.25, -0.2) is 0 Å². The summed E-state index contributed by atoms with van der Waals surface area (Å²) in [5.74, 6) is 1.43. The summed E-state index contributed by atoms with van der Waals surface area (Å²) >= 11 is 0. The molecule has 0 bridgehead atoms. The number of piperazine rings is 1. The van der Waals surface area contributed by atoms with E-state index >= 15 is 0 Å². The topological polar surface area (TPSA) is 63.4 Å². The monoisotopic (exact) mass is 282 g/mol. The first-order valence-electron chi connectivity index (χ1n) is 7.51. The molecule has 0 aliphatic carbocycles. The van der Waals surface area contributed by atoms with Crippen molar-refractivity contribution in [1.29, 1.82) is 0 Å². The van der Waals surface area contributed by atoms with Crippen LogP contribution in [0.2, 0.25) is 0 Å². The fourth-order valence-electron chi connectivity index (χ4n) is 2.38. The number of nitrogens with zero attached hydrogens (tertiary/aromatic N) is 3. The Balaban J connectivity index is 1.92. The number of hydrogen-bond acceptors (Lipinski definition) is 6. The van der Waals surface area contributed by atoms with Crippen molar-refractivity contribution >= 4 is 0 Å². The number of rotatable bonds is 7. The number of ether oxygens (including phenoxy) is 1. The second-order valence-corrected chi connectivity index (χ2v) is 5.67. The maximum Gasteiger partial charge on any atom is 0.229 e. The predicted octanol–water partition coefficient (Wildman–Crippen LogP) is 1.18. The van der Waals surface area contributed by atoms with Gasteiger partial charge in [0.25, 0.3) is 0 Å². The van der Waals surface area contributed by atoms with E-state index in [4.69, 9.17) is 9.26 Å². The first-order valence-corrected chi connectivity index (χ1v) is 7.51. The summed E-state index contributed by atoms with van der Waals surface area (Å²) in [6.45, 7) is 11.9. The van der Waals surface area contributed by atoms with Crippen molar-refractivity contribution in [2.24, 2.45) is 0 Å². The molecule has 1 N–H and O–H groups in total. The zero-order valence-electron chi connectivity index (χ0n) is 12.8. The van der Waals surface area contributed by atoms with Crippen LogP contribution >= 0.6 is 0 Å². The molecule has 1 saturated heterocycles. The molecular formula is C14H26N4O2. The van der Waals surface area contributed by atoms with E-state index in [9.17, 15) is 0 Å². The molecule has 0 atom stereocenters. The van der Waals surface area contributed by atoms with Crippen LogP contribution in [0.3, 0.4) is 0 Å². The molecule has 1 aromatic heterocycles. The molecular weight excluding hydrogens is 256 g/mol. The van der Waals surface area contributed by atoms with Gasteiger partial charge in [0.2, 0.25) is 5.89 Å². The quantitative estimate of drug-likeness (QED) is 0.758. The van der Waals surface area contributed by atoms with Gasteiger partial charge in [-0.3, -0.25) is 4.90 Å². The molecule has 0 unspecified atom stereocenters. The summed E-state index contributed by atoms with van der Waals surface area (Å²) < 4.78 is 10.8. The molecule has 1 aromatic rings. The Bertz CT molecular complexity index is 400. The normalized spacial score (nSPS) is 17.6. The lowest BCUT2D eigenvalue weighted by Gasteiger charge is -2.38. The van der Waals surface area contributed by atoms with Crippen LogP contribution in [-0.2, 0) is 16.7 Å². The Labute approximate surface area is 120 Å². The highest BCUT2D eigenvalue weighted by Crippen LogP contribution is 2.25. The second-order valence-electron chi connectivity index (χ2n) is 5.67. The highest BCUT2D eigenvalue weighted by molar-refractivity contribution is 5.03. The highest BCUT2D eigenvalue weighted by atomic mass is 16.5. The molecule has 1 aliphatic rings. The molecule has 2 rings (SSSR count). The van der Waals surface area contributed by atoms with Gasteiger partial charge < -0.3 is 14.6 Å². The van der Waals surface area contributed by atoms with Crippen LogP contribution in [-0.4, -0.2) is 54.4 Å². The van der Waals surface area contributed by atoms with Crippen LogP contribution in [0, 0.1) is 0 Å². The smallest absolute Gasteiger partial charge is 0.229 e. The predicted molar refractivity (Wildman–Crippen MR) is 76.6 cm³/mol. The van der Waals surface area contributed by atoms with Crippen LogP contribution in [0.25, 0.3) is 0 Å². The Kier molecular flexibility index (Phi) is 5.51. The fourth-order valence-corrected chi connectivity index (χ4v) is 2.38. The lowest BCUT2D eigenvalue weighted by molar-refractivity contribution is 0.0924. The first kappa shape index (κ1) is 15.4. The van der Waals surface area contributed by atoms with Crippen molar-refractivity contribution in [3.63, 3.8) is 0 Å². The Morgan fingerprint density at radius 2 is 2.05 bits per heavy atom. The van der Waals surface area contributed by atoms with Crippen LogP contribution in [0.5, 0.6) is 0 Å². The molecule has 0 radical (unpaired) electrons. The van der Waals surface area contributed by atoms with Gasteiger partial charge in [-0.05, 0) is 20.3 Å². The van der Waals surface area contributed by atoms with Crippen molar-refractivity contribution in [1.82, 2.24) is 20.4 Å². The van der Waals surface area contributed by atoms with Crippen molar-refractivity contribution in [2.45, 2.75) is 39.2 Å². The summed E-state index contributed by atoms with van der Waals surface area (Å²) in [7, 11) is 0. The lowest BCUT2D eigenvalue weighted by Crippen LogP contribution is -2.52. The SMILES string of the molecule is CCCOCCc1nc(C(C)(C)N2CCNCC2)no1. The van der Waals surface area contributed by atoms with Gasteiger partial charge in [-0.1, -0.05) is 12.1 Å². The molecule has 1 aliphatic heterocycles. The van der Waals surface area contributed by atoms with Crippen molar-refractivity contribution in [3.8, 4) is 0 Å². The van der Waals surface area contributed by atoms with E-state index in [2.05, 4.69) is 41.1 Å². The zero-order chi connectivity index (χ0) is 14.4. The minimum atomic E-state index is -0.186. The van der Waals surface area contributed by atoms with Crippen LogP contribution in [0.4, 0.5) is 0 Å². The van der Waals surface area contributed by atoms with Gasteiger partial charge in [-0.2, -0.15) is 4.98 Å². The zero-order valence-corrected chi connectivity index (χ0v) is 12.8. The van der Waals surface area contributed by atoms with E-state index in [1.807, 2.05) is 0 Å². The average Bonchev–Trinajstić information content (AvgIpc) is 2.94. The summed E-state index contributed by atoms with van der Waals surface area (Å²) in [4.78, 5) is 6.93. The maximum atomic E-state index is 5.45. The second kappa shape index (κ2) is 7.15. The fraction of sp³-hybridized carbons (Fsp3) is 0.857. The molecule has 0 aromatic carbocycles. The summed E-state index contributed by atoms with van der Waals surface area (Å²) in [5.41, 5.74) is -0.186. The lowest BCUT2D eigenvalue weighted by atomic mass is 10.0. The summed E-state index contributed by atoms with van der Waals surface area (Å²) in [6.07, 6.45) is 1.72. The van der Waals surface area contributed by atoms with Crippen molar-refractivity contribution in [3.05, 3.63) is 11.7 Å². The summed E-state index contributed by atoms with van der Waals surface area (Å²) in [5, 5.41) is 7.52. The molecule has 0 saturated carbocycles. The minimum absolute atomic E-state index is 0.186. The molecule has 114 valence electrons. The molecule has 0 amide bonds. The summed E-state index contributed by atoms with van der Waals surface area (Å²) in [6, 6.07) is 0. The standard InChI is InChI=1S/C14H26N4O2/c1-4-10-19-11-5-12-16-13(17-20-12)14(2,3)18-8-6-15-7-9-18/h15H,4-11H2,1-3H3. The van der Waals surface area contributed by atoms with E-state index in [0.717, 1.165) is 45.0 Å². The Morgan fingerprint density at radius 1 is 1.30 bits per heavy atom.